The van der Waals surface area contributed by atoms with E-state index in [4.69, 9.17) is 9.05 Å². The highest BCUT2D eigenvalue weighted by atomic mass is 31.2. The molecular weight excluding hydrogens is 265 g/mol. The molecule has 0 aliphatic heterocycles. The summed E-state index contributed by atoms with van der Waals surface area (Å²) in [6, 6.07) is 0.276. The van der Waals surface area contributed by atoms with Gasteiger partial charge in [-0.3, -0.25) is 9.36 Å². The van der Waals surface area contributed by atoms with E-state index >= 15 is 0 Å². The molecule has 0 heterocycles. The van der Waals surface area contributed by atoms with Crippen molar-refractivity contribution in [2.24, 2.45) is 0 Å². The predicted octanol–water partition coefficient (Wildman–Crippen LogP) is 3.04. The lowest BCUT2D eigenvalue weighted by atomic mass is 9.94. The first-order valence-corrected chi connectivity index (χ1v) is 8.89. The molecule has 0 atom stereocenters. The summed E-state index contributed by atoms with van der Waals surface area (Å²) in [6.45, 7) is 4.08. The Morgan fingerprint density at radius 3 is 2.16 bits per heavy atom. The zero-order valence-corrected chi connectivity index (χ0v) is 13.2. The number of nitrogens with zero attached hydrogens (tertiary/aromatic N) is 1. The van der Waals surface area contributed by atoms with Gasteiger partial charge in [0.2, 0.25) is 5.91 Å². The lowest BCUT2D eigenvalue weighted by molar-refractivity contribution is -0.130. The summed E-state index contributed by atoms with van der Waals surface area (Å²) in [4.78, 5) is 13.9. The average molecular weight is 291 g/mol. The third-order valence-corrected chi connectivity index (χ3v) is 5.46. The fraction of sp³-hybridized carbons (Fsp3) is 0.923. The molecule has 0 saturated heterocycles. The van der Waals surface area contributed by atoms with Crippen LogP contribution in [0.4, 0.5) is 0 Å². The highest BCUT2D eigenvalue weighted by Crippen LogP contribution is 2.48. The van der Waals surface area contributed by atoms with E-state index in [-0.39, 0.29) is 31.3 Å². The van der Waals surface area contributed by atoms with Crippen molar-refractivity contribution in [1.82, 2.24) is 4.90 Å². The van der Waals surface area contributed by atoms with Gasteiger partial charge in [0.05, 0.1) is 13.2 Å². The Morgan fingerprint density at radius 2 is 1.68 bits per heavy atom. The highest BCUT2D eigenvalue weighted by molar-refractivity contribution is 7.54. The van der Waals surface area contributed by atoms with Crippen molar-refractivity contribution >= 4 is 13.5 Å². The summed E-state index contributed by atoms with van der Waals surface area (Å²) in [5, 5.41) is 0. The molecule has 0 aromatic rings. The largest absolute Gasteiger partial charge is 0.342 e. The Labute approximate surface area is 116 Å². The molecule has 19 heavy (non-hydrogen) atoms. The summed E-state index contributed by atoms with van der Waals surface area (Å²) in [7, 11) is -1.48. The average Bonchev–Trinajstić information content (AvgIpc) is 2.39. The van der Waals surface area contributed by atoms with Crippen molar-refractivity contribution in [3.05, 3.63) is 0 Å². The van der Waals surface area contributed by atoms with Crippen molar-refractivity contribution < 1.29 is 18.4 Å². The minimum atomic E-state index is -3.27. The smallest absolute Gasteiger partial charge is 0.340 e. The molecule has 1 aliphatic carbocycles. The SMILES string of the molecule is CCOP(=O)(CC(=O)N(C)C1CCCCC1)OCC. The van der Waals surface area contributed by atoms with E-state index in [1.54, 1.807) is 25.8 Å². The molecule has 0 bridgehead atoms. The van der Waals surface area contributed by atoms with Crippen LogP contribution in [0, 0.1) is 0 Å². The van der Waals surface area contributed by atoms with E-state index in [2.05, 4.69) is 0 Å². The second kappa shape index (κ2) is 8.03. The molecule has 0 spiro atoms. The van der Waals surface area contributed by atoms with Crippen molar-refractivity contribution in [3.63, 3.8) is 0 Å². The van der Waals surface area contributed by atoms with Crippen molar-refractivity contribution in [2.75, 3.05) is 26.4 Å². The fourth-order valence-corrected chi connectivity index (χ4v) is 4.07. The molecule has 6 heteroatoms. The summed E-state index contributed by atoms with van der Waals surface area (Å²) in [5.41, 5.74) is 0. The summed E-state index contributed by atoms with van der Waals surface area (Å²) >= 11 is 0. The quantitative estimate of drug-likeness (QED) is 0.676. The molecule has 1 rings (SSSR count). The molecule has 0 N–H and O–H groups in total. The lowest BCUT2D eigenvalue weighted by Crippen LogP contribution is -2.40. The van der Waals surface area contributed by atoms with Crippen LogP contribution in [0.2, 0.25) is 0 Å². The van der Waals surface area contributed by atoms with Crippen molar-refractivity contribution in [3.8, 4) is 0 Å². The van der Waals surface area contributed by atoms with Crippen LogP contribution in [0.3, 0.4) is 0 Å². The topological polar surface area (TPSA) is 55.8 Å². The summed E-state index contributed by atoms with van der Waals surface area (Å²) < 4.78 is 22.6. The van der Waals surface area contributed by atoms with Gasteiger partial charge < -0.3 is 13.9 Å². The molecule has 112 valence electrons. The van der Waals surface area contributed by atoms with Crippen molar-refractivity contribution in [1.29, 1.82) is 0 Å². The maximum atomic E-state index is 12.3. The zero-order chi connectivity index (χ0) is 14.3. The predicted molar refractivity (Wildman–Crippen MR) is 75.4 cm³/mol. The Hall–Kier alpha value is -0.380. The molecule has 0 aromatic heterocycles. The summed E-state index contributed by atoms with van der Waals surface area (Å²) in [5.74, 6) is -0.142. The van der Waals surface area contributed by atoms with Crippen LogP contribution in [0.15, 0.2) is 0 Å². The Bertz CT molecular complexity index is 319. The third kappa shape index (κ3) is 5.25. The van der Waals surface area contributed by atoms with E-state index < -0.39 is 7.60 Å². The normalized spacial score (nSPS) is 17.4. The van der Waals surface area contributed by atoms with E-state index in [0.717, 1.165) is 25.7 Å². The van der Waals surface area contributed by atoms with Crippen LogP contribution in [-0.2, 0) is 18.4 Å². The van der Waals surface area contributed by atoms with Crippen LogP contribution < -0.4 is 0 Å². The van der Waals surface area contributed by atoms with Gasteiger partial charge in [-0.15, -0.1) is 0 Å². The molecule has 1 amide bonds. The number of hydrogen-bond donors (Lipinski definition) is 0. The van der Waals surface area contributed by atoms with E-state index in [0.29, 0.717) is 0 Å². The van der Waals surface area contributed by atoms with E-state index in [9.17, 15) is 9.36 Å². The Balaban J connectivity index is 2.57. The molecule has 0 aromatic carbocycles. The van der Waals surface area contributed by atoms with Crippen LogP contribution in [-0.4, -0.2) is 43.3 Å². The number of hydrogen-bond acceptors (Lipinski definition) is 4. The Morgan fingerprint density at radius 1 is 1.16 bits per heavy atom. The molecular formula is C13H26NO4P. The minimum Gasteiger partial charge on any atom is -0.342 e. The Kier molecular flexibility index (Phi) is 7.05. The first-order chi connectivity index (χ1) is 9.02. The standard InChI is InChI=1S/C13H26NO4P/c1-4-17-19(16,18-5-2)11-13(15)14(3)12-9-7-6-8-10-12/h12H,4-11H2,1-3H3. The van der Waals surface area contributed by atoms with Gasteiger partial charge >= 0.3 is 7.60 Å². The van der Waals surface area contributed by atoms with Crippen LogP contribution in [0.5, 0.6) is 0 Å². The number of carbonyl (C=O) groups is 1. The summed E-state index contributed by atoms with van der Waals surface area (Å²) in [6.07, 6.45) is 5.50. The second-order valence-electron chi connectivity index (χ2n) is 4.90. The van der Waals surface area contributed by atoms with Crippen LogP contribution >= 0.6 is 7.60 Å². The first-order valence-electron chi connectivity index (χ1n) is 7.16. The molecule has 0 unspecified atom stereocenters. The van der Waals surface area contributed by atoms with Gasteiger partial charge in [-0.2, -0.15) is 0 Å². The molecule has 0 radical (unpaired) electrons. The molecule has 1 saturated carbocycles. The third-order valence-electron chi connectivity index (χ3n) is 3.50. The zero-order valence-electron chi connectivity index (χ0n) is 12.3. The number of rotatable bonds is 7. The number of carbonyl (C=O) groups excluding carboxylic acids is 1. The van der Waals surface area contributed by atoms with Gasteiger partial charge in [0, 0.05) is 13.1 Å². The van der Waals surface area contributed by atoms with Gasteiger partial charge in [-0.1, -0.05) is 19.3 Å². The van der Waals surface area contributed by atoms with Crippen LogP contribution in [0.1, 0.15) is 46.0 Å². The minimum absolute atomic E-state index is 0.142. The van der Waals surface area contributed by atoms with Crippen molar-refractivity contribution in [2.45, 2.75) is 52.0 Å². The maximum Gasteiger partial charge on any atom is 0.340 e. The number of amides is 1. The first kappa shape index (κ1) is 16.7. The van der Waals surface area contributed by atoms with Gasteiger partial charge in [0.15, 0.2) is 0 Å². The fourth-order valence-electron chi connectivity index (χ4n) is 2.47. The van der Waals surface area contributed by atoms with Gasteiger partial charge in [-0.25, -0.2) is 0 Å². The lowest BCUT2D eigenvalue weighted by Gasteiger charge is -2.32. The van der Waals surface area contributed by atoms with E-state index in [1.165, 1.54) is 6.42 Å². The molecule has 1 fully saturated rings. The van der Waals surface area contributed by atoms with Crippen LogP contribution in [0.25, 0.3) is 0 Å². The molecule has 5 nitrogen and oxygen atoms in total. The molecule has 1 aliphatic rings. The van der Waals surface area contributed by atoms with E-state index in [1.807, 2.05) is 0 Å². The maximum absolute atomic E-state index is 12.3. The van der Waals surface area contributed by atoms with Gasteiger partial charge in [-0.05, 0) is 26.7 Å². The highest BCUT2D eigenvalue weighted by Gasteiger charge is 2.31. The van der Waals surface area contributed by atoms with Gasteiger partial charge in [0.1, 0.15) is 6.16 Å². The monoisotopic (exact) mass is 291 g/mol. The second-order valence-corrected chi connectivity index (χ2v) is 6.96. The van der Waals surface area contributed by atoms with Gasteiger partial charge in [0.25, 0.3) is 0 Å².